The SMILES string of the molecule is COP(=S)(OC)SCc1nc(N)nc(N)n1. The van der Waals surface area contributed by atoms with Gasteiger partial charge in [0.1, 0.15) is 5.82 Å². The summed E-state index contributed by atoms with van der Waals surface area (Å²) >= 11 is 6.48. The molecule has 1 aromatic rings. The Bertz CT molecular complexity index is 390. The molecule has 0 radical (unpaired) electrons. The number of anilines is 2. The van der Waals surface area contributed by atoms with Gasteiger partial charge >= 0.3 is 0 Å². The molecule has 1 heterocycles. The van der Waals surface area contributed by atoms with Gasteiger partial charge in [0.25, 0.3) is 0 Å². The van der Waals surface area contributed by atoms with E-state index in [-0.39, 0.29) is 11.9 Å². The number of aromatic nitrogens is 3. The van der Waals surface area contributed by atoms with Crippen LogP contribution in [0.5, 0.6) is 0 Å². The van der Waals surface area contributed by atoms with Gasteiger partial charge in [-0.3, -0.25) is 0 Å². The highest BCUT2D eigenvalue weighted by Gasteiger charge is 2.17. The third-order valence-electron chi connectivity index (χ3n) is 1.52. The molecule has 0 aliphatic rings. The Morgan fingerprint density at radius 3 is 2.12 bits per heavy atom. The first-order valence-corrected chi connectivity index (χ1v) is 8.34. The van der Waals surface area contributed by atoms with Crippen LogP contribution in [-0.2, 0) is 26.6 Å². The van der Waals surface area contributed by atoms with Crippen molar-refractivity contribution in [1.29, 1.82) is 0 Å². The van der Waals surface area contributed by atoms with Crippen LogP contribution in [0.1, 0.15) is 5.82 Å². The van der Waals surface area contributed by atoms with E-state index >= 15 is 0 Å². The van der Waals surface area contributed by atoms with Gasteiger partial charge in [-0.05, 0) is 11.8 Å². The van der Waals surface area contributed by atoms with Crippen LogP contribution < -0.4 is 11.5 Å². The highest BCUT2D eigenvalue weighted by molar-refractivity contribution is 8.67. The molecule has 0 saturated heterocycles. The van der Waals surface area contributed by atoms with Crippen molar-refractivity contribution in [3.8, 4) is 0 Å². The summed E-state index contributed by atoms with van der Waals surface area (Å²) in [7, 11) is 3.01. The van der Waals surface area contributed by atoms with E-state index in [0.717, 1.165) is 0 Å². The van der Waals surface area contributed by atoms with Gasteiger partial charge in [0.05, 0.1) is 5.75 Å². The van der Waals surface area contributed by atoms with Crippen molar-refractivity contribution >= 4 is 40.8 Å². The van der Waals surface area contributed by atoms with E-state index in [1.165, 1.54) is 25.6 Å². The fourth-order valence-corrected chi connectivity index (χ4v) is 3.53. The normalized spacial score (nSPS) is 11.6. The largest absolute Gasteiger partial charge is 0.368 e. The molecule has 90 valence electrons. The van der Waals surface area contributed by atoms with Crippen LogP contribution in [-0.4, -0.2) is 29.2 Å². The van der Waals surface area contributed by atoms with Crippen molar-refractivity contribution in [2.45, 2.75) is 5.75 Å². The lowest BCUT2D eigenvalue weighted by Crippen LogP contribution is -2.06. The van der Waals surface area contributed by atoms with Gasteiger partial charge in [-0.1, -0.05) is 11.4 Å². The Labute approximate surface area is 102 Å². The fourth-order valence-electron chi connectivity index (χ4n) is 0.838. The Kier molecular flexibility index (Phi) is 4.88. The molecule has 0 fully saturated rings. The molecule has 4 N–H and O–H groups in total. The lowest BCUT2D eigenvalue weighted by molar-refractivity contribution is 0.354. The molecule has 0 bridgehead atoms. The highest BCUT2D eigenvalue weighted by atomic mass is 32.9. The molecule has 0 unspecified atom stereocenters. The number of hydrogen-bond acceptors (Lipinski definition) is 9. The maximum atomic E-state index is 5.43. The van der Waals surface area contributed by atoms with E-state index in [1.54, 1.807) is 0 Å². The molecule has 1 aromatic heterocycles. The Morgan fingerprint density at radius 1 is 1.19 bits per heavy atom. The van der Waals surface area contributed by atoms with Gasteiger partial charge in [-0.15, -0.1) is 0 Å². The van der Waals surface area contributed by atoms with Crippen LogP contribution in [0.15, 0.2) is 0 Å². The monoisotopic (exact) mass is 281 g/mol. The second-order valence-electron chi connectivity index (χ2n) is 2.55. The lowest BCUT2D eigenvalue weighted by Gasteiger charge is -2.15. The number of rotatable bonds is 5. The van der Waals surface area contributed by atoms with Crippen LogP contribution in [0.3, 0.4) is 0 Å². The molecule has 0 aliphatic carbocycles. The second-order valence-corrected chi connectivity index (χ2v) is 9.08. The predicted octanol–water partition coefficient (Wildman–Crippen LogP) is 0.786. The summed E-state index contributed by atoms with van der Waals surface area (Å²) in [4.78, 5) is 11.5. The molecular weight excluding hydrogens is 269 g/mol. The second kappa shape index (κ2) is 5.74. The average molecular weight is 281 g/mol. The van der Waals surface area contributed by atoms with Crippen LogP contribution in [0, 0.1) is 0 Å². The van der Waals surface area contributed by atoms with Gasteiger partial charge < -0.3 is 20.5 Å². The minimum Gasteiger partial charge on any atom is -0.368 e. The summed E-state index contributed by atoms with van der Waals surface area (Å²) in [5.74, 6) is 1.05. The summed E-state index contributed by atoms with van der Waals surface area (Å²) in [6, 6.07) is 0. The Balaban J connectivity index is 2.71. The van der Waals surface area contributed by atoms with Crippen molar-refractivity contribution in [2.75, 3.05) is 25.7 Å². The summed E-state index contributed by atoms with van der Waals surface area (Å²) in [5.41, 5.74) is 8.56. The molecule has 0 saturated carbocycles. The summed E-state index contributed by atoms with van der Waals surface area (Å²) < 4.78 is 10.2. The molecule has 7 nitrogen and oxygen atoms in total. The molecule has 0 aromatic carbocycles. The molecule has 10 heteroatoms. The van der Waals surface area contributed by atoms with Gasteiger partial charge in [0.15, 0.2) is 0 Å². The summed E-state index contributed by atoms with van der Waals surface area (Å²) in [5, 5.41) is 0. The van der Waals surface area contributed by atoms with Gasteiger partial charge in [-0.2, -0.15) is 15.0 Å². The molecular formula is C6H12N5O2PS2. The predicted molar refractivity (Wildman–Crippen MR) is 68.2 cm³/mol. The zero-order valence-electron chi connectivity index (χ0n) is 8.78. The Hall–Kier alpha value is -0.470. The average Bonchev–Trinajstić information content (AvgIpc) is 2.25. The van der Waals surface area contributed by atoms with Crippen LogP contribution >= 0.6 is 17.1 Å². The van der Waals surface area contributed by atoms with Crippen molar-refractivity contribution in [1.82, 2.24) is 15.0 Å². The maximum Gasteiger partial charge on any atom is 0.247 e. The standard InChI is InChI=1S/C6H12N5O2PS2/c1-12-14(15,13-2)16-3-4-9-5(7)11-6(8)10-4/h3H2,1-2H3,(H4,7,8,9,10,11). The number of nitrogens with zero attached hydrogens (tertiary/aromatic N) is 3. The van der Waals surface area contributed by atoms with Crippen LogP contribution in [0.2, 0.25) is 0 Å². The zero-order chi connectivity index (χ0) is 12.2. The van der Waals surface area contributed by atoms with E-state index in [1.807, 2.05) is 0 Å². The van der Waals surface area contributed by atoms with Gasteiger partial charge in [0.2, 0.25) is 17.6 Å². The maximum absolute atomic E-state index is 5.43. The van der Waals surface area contributed by atoms with Crippen molar-refractivity contribution < 1.29 is 9.05 Å². The van der Waals surface area contributed by atoms with Crippen molar-refractivity contribution in [2.24, 2.45) is 0 Å². The van der Waals surface area contributed by atoms with E-state index in [2.05, 4.69) is 15.0 Å². The fraction of sp³-hybridized carbons (Fsp3) is 0.500. The van der Waals surface area contributed by atoms with E-state index in [9.17, 15) is 0 Å². The Morgan fingerprint density at radius 2 is 1.69 bits per heavy atom. The van der Waals surface area contributed by atoms with Crippen LogP contribution in [0.4, 0.5) is 11.9 Å². The molecule has 0 amide bonds. The van der Waals surface area contributed by atoms with Crippen molar-refractivity contribution in [3.05, 3.63) is 5.82 Å². The molecule has 16 heavy (non-hydrogen) atoms. The smallest absolute Gasteiger partial charge is 0.247 e. The molecule has 0 spiro atoms. The first-order valence-electron chi connectivity index (χ1n) is 4.11. The lowest BCUT2D eigenvalue weighted by atomic mass is 10.7. The van der Waals surface area contributed by atoms with Crippen LogP contribution in [0.25, 0.3) is 0 Å². The topological polar surface area (TPSA) is 109 Å². The summed E-state index contributed by atoms with van der Waals surface area (Å²) in [6.07, 6.45) is 0. The van der Waals surface area contributed by atoms with Gasteiger partial charge in [0, 0.05) is 14.2 Å². The van der Waals surface area contributed by atoms with E-state index < -0.39 is 5.69 Å². The number of hydrogen-bond donors (Lipinski definition) is 2. The quantitative estimate of drug-likeness (QED) is 0.757. The summed E-state index contributed by atoms with van der Waals surface area (Å²) in [6.45, 7) is 0. The highest BCUT2D eigenvalue weighted by Crippen LogP contribution is 2.60. The van der Waals surface area contributed by atoms with E-state index in [0.29, 0.717) is 11.6 Å². The minimum absolute atomic E-state index is 0.0891. The van der Waals surface area contributed by atoms with Crippen molar-refractivity contribution in [3.63, 3.8) is 0 Å². The number of nitrogen functional groups attached to an aromatic ring is 2. The molecule has 0 aliphatic heterocycles. The third-order valence-corrected chi connectivity index (χ3v) is 7.19. The molecule has 1 rings (SSSR count). The first-order chi connectivity index (χ1) is 7.49. The third kappa shape index (κ3) is 3.84. The van der Waals surface area contributed by atoms with Gasteiger partial charge in [-0.25, -0.2) is 0 Å². The zero-order valence-corrected chi connectivity index (χ0v) is 11.3. The number of nitrogens with two attached hydrogens (primary N) is 2. The molecule has 0 atom stereocenters. The van der Waals surface area contributed by atoms with E-state index in [4.69, 9.17) is 32.3 Å². The minimum atomic E-state index is -2.31. The first kappa shape index (κ1) is 13.6.